The Balaban J connectivity index is 1.59. The second-order valence-corrected chi connectivity index (χ2v) is 5.83. The lowest BCUT2D eigenvalue weighted by Gasteiger charge is -2.15. The summed E-state index contributed by atoms with van der Waals surface area (Å²) >= 11 is 0. The van der Waals surface area contributed by atoms with Crippen molar-refractivity contribution in [2.24, 2.45) is 4.99 Å². The number of allylic oxidation sites excluding steroid dienone is 1. The Labute approximate surface area is 142 Å². The fourth-order valence-corrected chi connectivity index (χ4v) is 2.91. The third-order valence-corrected chi connectivity index (χ3v) is 4.21. The first-order valence-electron chi connectivity index (χ1n) is 7.83. The van der Waals surface area contributed by atoms with E-state index in [-0.39, 0.29) is 6.79 Å². The summed E-state index contributed by atoms with van der Waals surface area (Å²) in [4.78, 5) is 4.52. The van der Waals surface area contributed by atoms with E-state index in [4.69, 9.17) is 9.47 Å². The average molecular weight is 345 g/mol. The quantitative estimate of drug-likeness (QED) is 0.803. The van der Waals surface area contributed by atoms with Gasteiger partial charge in [0.2, 0.25) is 6.79 Å². The van der Waals surface area contributed by atoms with Crippen molar-refractivity contribution in [2.75, 3.05) is 13.3 Å². The van der Waals surface area contributed by atoms with E-state index in [9.17, 15) is 13.2 Å². The number of rotatable bonds is 2. The van der Waals surface area contributed by atoms with Gasteiger partial charge in [0, 0.05) is 12.1 Å². The highest BCUT2D eigenvalue weighted by Gasteiger charge is 2.29. The van der Waals surface area contributed by atoms with Crippen LogP contribution in [0.4, 0.5) is 13.2 Å². The van der Waals surface area contributed by atoms with Gasteiger partial charge in [0.05, 0.1) is 11.3 Å². The molecule has 0 aliphatic carbocycles. The molecule has 0 saturated carbocycles. The Morgan fingerprint density at radius 1 is 0.960 bits per heavy atom. The topological polar surface area (TPSA) is 30.8 Å². The van der Waals surface area contributed by atoms with Crippen molar-refractivity contribution < 1.29 is 22.6 Å². The van der Waals surface area contributed by atoms with Gasteiger partial charge in [-0.25, -0.2) is 0 Å². The van der Waals surface area contributed by atoms with Crippen molar-refractivity contribution >= 4 is 11.8 Å². The molecule has 0 unspecified atom stereocenters. The SMILES string of the molecule is FC(F)(F)c1ccc(C=CC2=NCCc3cc4c(cc32)OCO4)cc1. The van der Waals surface area contributed by atoms with Crippen LogP contribution in [0.5, 0.6) is 11.5 Å². The number of halogens is 3. The molecule has 0 N–H and O–H groups in total. The highest BCUT2D eigenvalue weighted by molar-refractivity contribution is 6.12. The number of benzene rings is 2. The van der Waals surface area contributed by atoms with Crippen LogP contribution in [-0.4, -0.2) is 19.0 Å². The van der Waals surface area contributed by atoms with Gasteiger partial charge in [0.25, 0.3) is 0 Å². The second-order valence-electron chi connectivity index (χ2n) is 5.83. The summed E-state index contributed by atoms with van der Waals surface area (Å²) in [6, 6.07) is 8.93. The molecule has 4 rings (SSSR count). The van der Waals surface area contributed by atoms with Gasteiger partial charge in [0.15, 0.2) is 11.5 Å². The zero-order valence-electron chi connectivity index (χ0n) is 13.1. The Hall–Kier alpha value is -2.76. The van der Waals surface area contributed by atoms with Crippen LogP contribution in [0.2, 0.25) is 0 Å². The van der Waals surface area contributed by atoms with Crippen molar-refractivity contribution in [1.29, 1.82) is 0 Å². The zero-order chi connectivity index (χ0) is 17.4. The van der Waals surface area contributed by atoms with Gasteiger partial charge in [-0.3, -0.25) is 4.99 Å². The number of hydrogen-bond acceptors (Lipinski definition) is 3. The average Bonchev–Trinajstić information content (AvgIpc) is 3.05. The number of alkyl halides is 3. The van der Waals surface area contributed by atoms with E-state index in [1.165, 1.54) is 12.1 Å². The molecule has 0 saturated heterocycles. The van der Waals surface area contributed by atoms with Gasteiger partial charge >= 0.3 is 6.18 Å². The first-order valence-corrected chi connectivity index (χ1v) is 7.83. The molecule has 6 heteroatoms. The van der Waals surface area contributed by atoms with Gasteiger partial charge in [-0.15, -0.1) is 0 Å². The molecule has 0 fully saturated rings. The summed E-state index contributed by atoms with van der Waals surface area (Å²) in [7, 11) is 0. The smallest absolute Gasteiger partial charge is 0.416 e. The normalized spacial score (nSPS) is 16.0. The molecule has 2 aliphatic rings. The third-order valence-electron chi connectivity index (χ3n) is 4.21. The molecule has 0 amide bonds. The molecule has 0 spiro atoms. The third kappa shape index (κ3) is 3.12. The maximum atomic E-state index is 12.6. The van der Waals surface area contributed by atoms with Gasteiger partial charge in [-0.1, -0.05) is 18.2 Å². The van der Waals surface area contributed by atoms with E-state index in [1.54, 1.807) is 6.08 Å². The first-order chi connectivity index (χ1) is 12.0. The van der Waals surface area contributed by atoms with Crippen LogP contribution >= 0.6 is 0 Å². The summed E-state index contributed by atoms with van der Waals surface area (Å²) in [5.41, 5.74) is 2.92. The van der Waals surface area contributed by atoms with E-state index < -0.39 is 11.7 Å². The highest BCUT2D eigenvalue weighted by atomic mass is 19.4. The largest absolute Gasteiger partial charge is 0.454 e. The van der Waals surface area contributed by atoms with Crippen molar-refractivity contribution in [2.45, 2.75) is 12.6 Å². The zero-order valence-corrected chi connectivity index (χ0v) is 13.1. The minimum atomic E-state index is -4.32. The summed E-state index contributed by atoms with van der Waals surface area (Å²) in [5.74, 6) is 1.43. The van der Waals surface area contributed by atoms with Crippen LogP contribution in [0.1, 0.15) is 22.3 Å². The summed E-state index contributed by atoms with van der Waals surface area (Å²) < 4.78 is 48.6. The molecule has 0 aromatic heterocycles. The molecular formula is C19H14F3NO2. The Morgan fingerprint density at radius 2 is 1.68 bits per heavy atom. The maximum absolute atomic E-state index is 12.6. The monoisotopic (exact) mass is 345 g/mol. The van der Waals surface area contributed by atoms with Crippen molar-refractivity contribution in [3.05, 3.63) is 64.7 Å². The van der Waals surface area contributed by atoms with Crippen molar-refractivity contribution in [3.8, 4) is 11.5 Å². The first kappa shape index (κ1) is 15.7. The van der Waals surface area contributed by atoms with Crippen molar-refractivity contribution in [1.82, 2.24) is 0 Å². The number of aliphatic imine (C=N–C) groups is 1. The molecule has 0 bridgehead atoms. The van der Waals surface area contributed by atoms with Crippen LogP contribution in [0.25, 0.3) is 6.08 Å². The Kier molecular flexibility index (Phi) is 3.75. The van der Waals surface area contributed by atoms with E-state index in [0.29, 0.717) is 17.9 Å². The van der Waals surface area contributed by atoms with Crippen LogP contribution in [-0.2, 0) is 12.6 Å². The van der Waals surface area contributed by atoms with Crippen LogP contribution in [0, 0.1) is 0 Å². The lowest BCUT2D eigenvalue weighted by Crippen LogP contribution is -2.10. The molecule has 0 radical (unpaired) electrons. The lowest BCUT2D eigenvalue weighted by molar-refractivity contribution is -0.137. The molecule has 2 heterocycles. The fraction of sp³-hybridized carbons (Fsp3) is 0.211. The molecule has 2 aliphatic heterocycles. The number of fused-ring (bicyclic) bond motifs is 2. The molecule has 2 aromatic rings. The molecular weight excluding hydrogens is 331 g/mol. The highest BCUT2D eigenvalue weighted by Crippen LogP contribution is 2.36. The predicted molar refractivity (Wildman–Crippen MR) is 88.2 cm³/mol. The van der Waals surface area contributed by atoms with Gasteiger partial charge in [-0.05, 0) is 47.9 Å². The Morgan fingerprint density at radius 3 is 2.40 bits per heavy atom. The molecule has 128 valence electrons. The van der Waals surface area contributed by atoms with Crippen LogP contribution in [0.3, 0.4) is 0 Å². The molecule has 25 heavy (non-hydrogen) atoms. The number of nitrogens with zero attached hydrogens (tertiary/aromatic N) is 1. The predicted octanol–water partition coefficient (Wildman–Crippen LogP) is 4.49. The molecule has 3 nitrogen and oxygen atoms in total. The molecule has 2 aromatic carbocycles. The Bertz CT molecular complexity index is 867. The van der Waals surface area contributed by atoms with Crippen molar-refractivity contribution in [3.63, 3.8) is 0 Å². The number of ether oxygens (including phenoxy) is 2. The molecule has 0 atom stereocenters. The fourth-order valence-electron chi connectivity index (χ4n) is 2.91. The summed E-state index contributed by atoms with van der Waals surface area (Å²) in [6.45, 7) is 0.880. The van der Waals surface area contributed by atoms with Crippen LogP contribution in [0.15, 0.2) is 47.5 Å². The minimum absolute atomic E-state index is 0.214. The summed E-state index contributed by atoms with van der Waals surface area (Å²) in [6.07, 6.45) is 0.0855. The summed E-state index contributed by atoms with van der Waals surface area (Å²) in [5, 5.41) is 0. The van der Waals surface area contributed by atoms with Crippen LogP contribution < -0.4 is 9.47 Å². The van der Waals surface area contributed by atoms with E-state index >= 15 is 0 Å². The van der Waals surface area contributed by atoms with E-state index in [1.807, 2.05) is 18.2 Å². The minimum Gasteiger partial charge on any atom is -0.454 e. The van der Waals surface area contributed by atoms with Gasteiger partial charge < -0.3 is 9.47 Å². The van der Waals surface area contributed by atoms with E-state index in [0.717, 1.165) is 41.1 Å². The van der Waals surface area contributed by atoms with Gasteiger partial charge in [-0.2, -0.15) is 13.2 Å². The second kappa shape index (κ2) is 5.95. The van der Waals surface area contributed by atoms with Gasteiger partial charge in [0.1, 0.15) is 0 Å². The lowest BCUT2D eigenvalue weighted by atomic mass is 9.96. The standard InChI is InChI=1S/C19H14F3NO2/c20-19(21,22)14-4-1-12(2-5-14)3-6-16-15-10-18-17(24-11-25-18)9-13(15)7-8-23-16/h1-6,9-10H,7-8,11H2. The number of hydrogen-bond donors (Lipinski definition) is 0. The maximum Gasteiger partial charge on any atom is 0.416 e. The van der Waals surface area contributed by atoms with E-state index in [2.05, 4.69) is 4.99 Å².